The summed E-state index contributed by atoms with van der Waals surface area (Å²) in [7, 11) is 1.60. The number of carbonyl (C=O) groups is 2. The van der Waals surface area contributed by atoms with Gasteiger partial charge in [0.1, 0.15) is 5.75 Å². The zero-order valence-corrected chi connectivity index (χ0v) is 14.6. The summed E-state index contributed by atoms with van der Waals surface area (Å²) in [6.45, 7) is 4.21. The molecule has 23 heavy (non-hydrogen) atoms. The highest BCUT2D eigenvalue weighted by atomic mass is 35.5. The Morgan fingerprint density at radius 1 is 1.22 bits per heavy atom. The van der Waals surface area contributed by atoms with Crippen LogP contribution in [0.2, 0.25) is 0 Å². The molecule has 0 fully saturated rings. The maximum Gasteiger partial charge on any atom is 0.239 e. The predicted octanol–water partition coefficient (Wildman–Crippen LogP) is 1.22. The molecule has 0 aliphatic heterocycles. The molecule has 2 unspecified atom stereocenters. The van der Waals surface area contributed by atoms with Crippen LogP contribution in [-0.2, 0) is 16.1 Å². The monoisotopic (exact) mass is 343 g/mol. The van der Waals surface area contributed by atoms with E-state index in [1.54, 1.807) is 7.11 Å². The number of carbonyl (C=O) groups excluding carboxylic acids is 2. The van der Waals surface area contributed by atoms with Crippen molar-refractivity contribution >= 4 is 24.2 Å². The van der Waals surface area contributed by atoms with E-state index in [9.17, 15) is 9.59 Å². The Kier molecular flexibility index (Phi) is 10.0. The van der Waals surface area contributed by atoms with Gasteiger partial charge in [-0.2, -0.15) is 0 Å². The van der Waals surface area contributed by atoms with Crippen molar-refractivity contribution in [3.05, 3.63) is 29.8 Å². The maximum atomic E-state index is 11.8. The van der Waals surface area contributed by atoms with Crippen LogP contribution in [0.5, 0.6) is 5.75 Å². The number of benzene rings is 1. The molecule has 1 rings (SSSR count). The minimum absolute atomic E-state index is 0. The van der Waals surface area contributed by atoms with Crippen LogP contribution in [0.1, 0.15) is 25.8 Å². The number of halogens is 1. The Balaban J connectivity index is 0.00000484. The summed E-state index contributed by atoms with van der Waals surface area (Å²) in [5.74, 6) is 0.304. The molecule has 1 aromatic rings. The normalized spacial score (nSPS) is 12.5. The quantitative estimate of drug-likeness (QED) is 0.661. The first-order valence-electron chi connectivity index (χ1n) is 7.40. The number of hydrogen-bond acceptors (Lipinski definition) is 4. The molecule has 4 N–H and O–H groups in total. The Hall–Kier alpha value is -1.79. The lowest BCUT2D eigenvalue weighted by molar-refractivity contribution is -0.127. The second-order valence-corrected chi connectivity index (χ2v) is 5.25. The highest BCUT2D eigenvalue weighted by molar-refractivity contribution is 5.87. The second-order valence-electron chi connectivity index (χ2n) is 5.25. The van der Waals surface area contributed by atoms with Crippen LogP contribution in [0.15, 0.2) is 24.3 Å². The minimum atomic E-state index is -0.584. The number of nitrogens with two attached hydrogens (primary N) is 1. The Bertz CT molecular complexity index is 494. The van der Waals surface area contributed by atoms with Crippen LogP contribution in [0.25, 0.3) is 0 Å². The SMILES string of the molecule is CCC(C)C(N)C(=O)NCC(=O)NCc1ccc(OC)cc1.Cl. The van der Waals surface area contributed by atoms with E-state index in [1.807, 2.05) is 38.1 Å². The number of nitrogens with one attached hydrogen (secondary N) is 2. The molecular formula is C16H26ClN3O3. The third kappa shape index (κ3) is 7.34. The lowest BCUT2D eigenvalue weighted by Gasteiger charge is -2.17. The summed E-state index contributed by atoms with van der Waals surface area (Å²) in [4.78, 5) is 23.5. The van der Waals surface area contributed by atoms with Gasteiger partial charge in [0.15, 0.2) is 0 Å². The molecule has 130 valence electrons. The highest BCUT2D eigenvalue weighted by Gasteiger charge is 2.19. The largest absolute Gasteiger partial charge is 0.497 e. The molecule has 6 nitrogen and oxygen atoms in total. The number of methoxy groups -OCH3 is 1. The zero-order valence-electron chi connectivity index (χ0n) is 13.8. The van der Waals surface area contributed by atoms with Crippen LogP contribution in [0, 0.1) is 5.92 Å². The van der Waals surface area contributed by atoms with Gasteiger partial charge in [-0.3, -0.25) is 9.59 Å². The smallest absolute Gasteiger partial charge is 0.239 e. The molecule has 2 atom stereocenters. The summed E-state index contributed by atoms with van der Waals surface area (Å²) in [5.41, 5.74) is 6.75. The van der Waals surface area contributed by atoms with Crippen molar-refractivity contribution in [2.75, 3.05) is 13.7 Å². The van der Waals surface area contributed by atoms with Crippen LogP contribution in [0.4, 0.5) is 0 Å². The molecule has 1 aromatic carbocycles. The molecule has 7 heteroatoms. The fraction of sp³-hybridized carbons (Fsp3) is 0.500. The van der Waals surface area contributed by atoms with E-state index in [0.717, 1.165) is 17.7 Å². The van der Waals surface area contributed by atoms with Gasteiger partial charge in [-0.1, -0.05) is 32.4 Å². The van der Waals surface area contributed by atoms with Crippen molar-refractivity contribution in [2.45, 2.75) is 32.9 Å². The first-order valence-corrected chi connectivity index (χ1v) is 7.40. The first-order chi connectivity index (χ1) is 10.5. The summed E-state index contributed by atoms with van der Waals surface area (Å²) in [6.07, 6.45) is 0.818. The standard InChI is InChI=1S/C16H25N3O3.ClH/c1-4-11(2)15(17)16(21)19-10-14(20)18-9-12-5-7-13(22-3)8-6-12;/h5-8,11,15H,4,9-10,17H2,1-3H3,(H,18,20)(H,19,21);1H. The van der Waals surface area contributed by atoms with Gasteiger partial charge in [0.2, 0.25) is 11.8 Å². The van der Waals surface area contributed by atoms with Gasteiger partial charge < -0.3 is 21.1 Å². The number of ether oxygens (including phenoxy) is 1. The van der Waals surface area contributed by atoms with Crippen molar-refractivity contribution in [1.29, 1.82) is 0 Å². The molecule has 0 aliphatic rings. The van der Waals surface area contributed by atoms with Gasteiger partial charge in [-0.15, -0.1) is 12.4 Å². The third-order valence-electron chi connectivity index (χ3n) is 3.63. The lowest BCUT2D eigenvalue weighted by Crippen LogP contribution is -2.47. The van der Waals surface area contributed by atoms with Gasteiger partial charge in [0, 0.05) is 6.54 Å². The van der Waals surface area contributed by atoms with Gasteiger partial charge in [0.25, 0.3) is 0 Å². The fourth-order valence-electron chi connectivity index (χ4n) is 1.80. The summed E-state index contributed by atoms with van der Waals surface area (Å²) < 4.78 is 5.06. The van der Waals surface area contributed by atoms with Crippen molar-refractivity contribution in [3.63, 3.8) is 0 Å². The first kappa shape index (κ1) is 21.2. The van der Waals surface area contributed by atoms with E-state index in [-0.39, 0.29) is 36.7 Å². The number of hydrogen-bond donors (Lipinski definition) is 3. The topological polar surface area (TPSA) is 93.5 Å². The molecular weight excluding hydrogens is 318 g/mol. The second kappa shape index (κ2) is 10.9. The van der Waals surface area contributed by atoms with Crippen LogP contribution >= 0.6 is 12.4 Å². The van der Waals surface area contributed by atoms with Crippen molar-refractivity contribution in [3.8, 4) is 5.75 Å². The van der Waals surface area contributed by atoms with Crippen molar-refractivity contribution in [2.24, 2.45) is 11.7 Å². The van der Waals surface area contributed by atoms with Gasteiger partial charge >= 0.3 is 0 Å². The van der Waals surface area contributed by atoms with Crippen LogP contribution < -0.4 is 21.1 Å². The number of amides is 2. The summed E-state index contributed by atoms with van der Waals surface area (Å²) in [6, 6.07) is 6.81. The fourth-order valence-corrected chi connectivity index (χ4v) is 1.80. The Labute approximate surface area is 143 Å². The molecule has 0 bridgehead atoms. The molecule has 0 heterocycles. The van der Waals surface area contributed by atoms with E-state index >= 15 is 0 Å². The van der Waals surface area contributed by atoms with E-state index in [0.29, 0.717) is 6.54 Å². The molecule has 0 aromatic heterocycles. The summed E-state index contributed by atoms with van der Waals surface area (Å²) >= 11 is 0. The molecule has 0 saturated heterocycles. The Morgan fingerprint density at radius 3 is 2.35 bits per heavy atom. The van der Waals surface area contributed by atoms with Gasteiger partial charge in [0.05, 0.1) is 19.7 Å². The van der Waals surface area contributed by atoms with Gasteiger partial charge in [-0.05, 0) is 23.6 Å². The molecule has 0 radical (unpaired) electrons. The van der Waals surface area contributed by atoms with E-state index < -0.39 is 6.04 Å². The average Bonchev–Trinajstić information content (AvgIpc) is 2.56. The van der Waals surface area contributed by atoms with Crippen LogP contribution in [0.3, 0.4) is 0 Å². The molecule has 0 saturated carbocycles. The Morgan fingerprint density at radius 2 is 1.83 bits per heavy atom. The maximum absolute atomic E-state index is 11.8. The van der Waals surface area contributed by atoms with Crippen molar-refractivity contribution < 1.29 is 14.3 Å². The molecule has 0 aliphatic carbocycles. The predicted molar refractivity (Wildman–Crippen MR) is 92.5 cm³/mol. The molecule has 0 spiro atoms. The number of rotatable bonds is 8. The molecule has 2 amide bonds. The minimum Gasteiger partial charge on any atom is -0.497 e. The van der Waals surface area contributed by atoms with E-state index in [4.69, 9.17) is 10.5 Å². The zero-order chi connectivity index (χ0) is 16.5. The van der Waals surface area contributed by atoms with Gasteiger partial charge in [-0.25, -0.2) is 0 Å². The average molecular weight is 344 g/mol. The summed E-state index contributed by atoms with van der Waals surface area (Å²) in [5, 5.41) is 5.29. The lowest BCUT2D eigenvalue weighted by atomic mass is 9.99. The van der Waals surface area contributed by atoms with E-state index in [1.165, 1.54) is 0 Å². The van der Waals surface area contributed by atoms with Crippen molar-refractivity contribution in [1.82, 2.24) is 10.6 Å². The highest BCUT2D eigenvalue weighted by Crippen LogP contribution is 2.10. The van der Waals surface area contributed by atoms with Crippen LogP contribution in [-0.4, -0.2) is 31.5 Å². The third-order valence-corrected chi connectivity index (χ3v) is 3.63. The van der Waals surface area contributed by atoms with E-state index in [2.05, 4.69) is 10.6 Å².